The fourth-order valence-corrected chi connectivity index (χ4v) is 4.68. The molecule has 0 spiro atoms. The Balaban J connectivity index is 1.43. The minimum absolute atomic E-state index is 0.150. The van der Waals surface area contributed by atoms with Gasteiger partial charge >= 0.3 is 0 Å². The van der Waals surface area contributed by atoms with Gasteiger partial charge in [-0.25, -0.2) is 0 Å². The standard InChI is InChI=1S/C18H18N4O3S3/c1-2-25-13-7-5-12(6-8-13)16(24)19-10-15(23)20-17-21-22-18(28-17)27-11-14-4-3-9-26-14/h3-9H,2,10-11H2,1H3,(H,19,24)(H,20,21,23). The summed E-state index contributed by atoms with van der Waals surface area (Å²) < 4.78 is 6.12. The Labute approximate surface area is 174 Å². The Morgan fingerprint density at radius 2 is 2.00 bits per heavy atom. The largest absolute Gasteiger partial charge is 0.494 e. The van der Waals surface area contributed by atoms with Crippen molar-refractivity contribution in [1.82, 2.24) is 15.5 Å². The molecule has 0 aliphatic carbocycles. The van der Waals surface area contributed by atoms with Crippen LogP contribution in [0.3, 0.4) is 0 Å². The molecule has 0 unspecified atom stereocenters. The predicted molar refractivity (Wildman–Crippen MR) is 112 cm³/mol. The first-order valence-corrected chi connectivity index (χ1v) is 11.1. The highest BCUT2D eigenvalue weighted by Gasteiger charge is 2.11. The van der Waals surface area contributed by atoms with Crippen molar-refractivity contribution in [2.45, 2.75) is 17.0 Å². The molecule has 0 saturated heterocycles. The lowest BCUT2D eigenvalue weighted by atomic mass is 10.2. The number of rotatable bonds is 9. The number of benzene rings is 1. The van der Waals surface area contributed by atoms with Gasteiger partial charge in [0.05, 0.1) is 13.2 Å². The van der Waals surface area contributed by atoms with Crippen molar-refractivity contribution in [2.24, 2.45) is 0 Å². The monoisotopic (exact) mass is 434 g/mol. The van der Waals surface area contributed by atoms with Crippen LogP contribution in [-0.4, -0.2) is 35.2 Å². The zero-order valence-electron chi connectivity index (χ0n) is 15.0. The third kappa shape index (κ3) is 6.04. The predicted octanol–water partition coefficient (Wildman–Crippen LogP) is 3.66. The maximum Gasteiger partial charge on any atom is 0.251 e. The van der Waals surface area contributed by atoms with Gasteiger partial charge in [-0.3, -0.25) is 14.9 Å². The lowest BCUT2D eigenvalue weighted by molar-refractivity contribution is -0.115. The molecule has 3 aromatic rings. The van der Waals surface area contributed by atoms with Crippen LogP contribution in [0.2, 0.25) is 0 Å². The van der Waals surface area contributed by atoms with Gasteiger partial charge in [0.25, 0.3) is 5.91 Å². The molecule has 0 fully saturated rings. The first-order valence-electron chi connectivity index (χ1n) is 8.43. The summed E-state index contributed by atoms with van der Waals surface area (Å²) in [5.74, 6) is 0.826. The highest BCUT2D eigenvalue weighted by molar-refractivity contribution is 8.00. The van der Waals surface area contributed by atoms with Gasteiger partial charge in [-0.15, -0.1) is 21.5 Å². The zero-order chi connectivity index (χ0) is 19.8. The molecule has 0 saturated carbocycles. The minimum Gasteiger partial charge on any atom is -0.494 e. The molecule has 0 bridgehead atoms. The van der Waals surface area contributed by atoms with Crippen LogP contribution in [0.15, 0.2) is 46.1 Å². The maximum atomic E-state index is 12.1. The summed E-state index contributed by atoms with van der Waals surface area (Å²) in [7, 11) is 0. The van der Waals surface area contributed by atoms with Crippen LogP contribution in [0.4, 0.5) is 5.13 Å². The highest BCUT2D eigenvalue weighted by Crippen LogP contribution is 2.29. The molecule has 28 heavy (non-hydrogen) atoms. The van der Waals surface area contributed by atoms with E-state index in [4.69, 9.17) is 4.74 Å². The second kappa shape index (κ2) is 10.2. The van der Waals surface area contributed by atoms with Gasteiger partial charge in [0, 0.05) is 16.2 Å². The molecule has 7 nitrogen and oxygen atoms in total. The summed E-state index contributed by atoms with van der Waals surface area (Å²) in [5.41, 5.74) is 0.458. The Kier molecular flexibility index (Phi) is 7.40. The summed E-state index contributed by atoms with van der Waals surface area (Å²) >= 11 is 4.57. The van der Waals surface area contributed by atoms with Crippen molar-refractivity contribution >= 4 is 51.4 Å². The molecule has 0 aliphatic rings. The van der Waals surface area contributed by atoms with E-state index in [0.29, 0.717) is 23.1 Å². The number of nitrogens with one attached hydrogen (secondary N) is 2. The van der Waals surface area contributed by atoms with E-state index in [1.807, 2.05) is 18.4 Å². The van der Waals surface area contributed by atoms with Crippen LogP contribution in [0.1, 0.15) is 22.2 Å². The zero-order valence-corrected chi connectivity index (χ0v) is 17.5. The second-order valence-corrected chi connectivity index (χ2v) is 8.66. The topological polar surface area (TPSA) is 93.2 Å². The number of anilines is 1. The SMILES string of the molecule is CCOc1ccc(C(=O)NCC(=O)Nc2nnc(SCc3cccs3)s2)cc1. The van der Waals surface area contributed by atoms with Crippen LogP contribution in [-0.2, 0) is 10.5 Å². The molecule has 1 aromatic carbocycles. The lowest BCUT2D eigenvalue weighted by Crippen LogP contribution is -2.32. The van der Waals surface area contributed by atoms with Crippen LogP contribution >= 0.6 is 34.4 Å². The van der Waals surface area contributed by atoms with E-state index in [1.54, 1.807) is 47.4 Å². The number of nitrogens with zero attached hydrogens (tertiary/aromatic N) is 2. The van der Waals surface area contributed by atoms with E-state index in [1.165, 1.54) is 16.2 Å². The molecule has 2 amide bonds. The quantitative estimate of drug-likeness (QED) is 0.394. The number of aromatic nitrogens is 2. The van der Waals surface area contributed by atoms with E-state index < -0.39 is 0 Å². The number of hydrogen-bond donors (Lipinski definition) is 2. The van der Waals surface area contributed by atoms with E-state index in [0.717, 1.165) is 10.1 Å². The second-order valence-electron chi connectivity index (χ2n) is 5.43. The average Bonchev–Trinajstić information content (AvgIpc) is 3.37. The smallest absolute Gasteiger partial charge is 0.251 e. The van der Waals surface area contributed by atoms with E-state index in [9.17, 15) is 9.59 Å². The third-order valence-electron chi connectivity index (χ3n) is 3.41. The van der Waals surface area contributed by atoms with Gasteiger partial charge < -0.3 is 10.1 Å². The molecular weight excluding hydrogens is 416 g/mol. The van der Waals surface area contributed by atoms with Crippen LogP contribution < -0.4 is 15.4 Å². The summed E-state index contributed by atoms with van der Waals surface area (Å²) in [6, 6.07) is 10.8. The van der Waals surface area contributed by atoms with Crippen molar-refractivity contribution in [2.75, 3.05) is 18.5 Å². The number of amides is 2. The Morgan fingerprint density at radius 1 is 1.18 bits per heavy atom. The normalized spacial score (nSPS) is 10.5. The summed E-state index contributed by atoms with van der Waals surface area (Å²) in [4.78, 5) is 25.4. The number of ether oxygens (including phenoxy) is 1. The average molecular weight is 435 g/mol. The van der Waals surface area contributed by atoms with Gasteiger partial charge in [-0.1, -0.05) is 29.2 Å². The minimum atomic E-state index is -0.356. The number of carbonyl (C=O) groups is 2. The van der Waals surface area contributed by atoms with Gasteiger partial charge in [-0.05, 0) is 42.6 Å². The fourth-order valence-electron chi connectivity index (χ4n) is 2.14. The Bertz CT molecular complexity index is 911. The molecule has 0 atom stereocenters. The van der Waals surface area contributed by atoms with Gasteiger partial charge in [0.2, 0.25) is 11.0 Å². The number of thiophene rings is 1. The van der Waals surface area contributed by atoms with Gasteiger partial charge in [0.1, 0.15) is 5.75 Å². The van der Waals surface area contributed by atoms with Crippen molar-refractivity contribution in [3.63, 3.8) is 0 Å². The molecular formula is C18H18N4O3S3. The molecule has 3 rings (SSSR count). The first kappa shape index (κ1) is 20.3. The summed E-state index contributed by atoms with van der Waals surface area (Å²) in [5, 5.41) is 15.7. The highest BCUT2D eigenvalue weighted by atomic mass is 32.2. The maximum absolute atomic E-state index is 12.1. The van der Waals surface area contributed by atoms with Crippen molar-refractivity contribution in [3.8, 4) is 5.75 Å². The fraction of sp³-hybridized carbons (Fsp3) is 0.222. The van der Waals surface area contributed by atoms with E-state index >= 15 is 0 Å². The summed E-state index contributed by atoms with van der Waals surface area (Å²) in [6.45, 7) is 2.30. The molecule has 2 aromatic heterocycles. The van der Waals surface area contributed by atoms with Crippen LogP contribution in [0.5, 0.6) is 5.75 Å². The van der Waals surface area contributed by atoms with Crippen LogP contribution in [0.25, 0.3) is 0 Å². The van der Waals surface area contributed by atoms with E-state index in [2.05, 4.69) is 26.9 Å². The van der Waals surface area contributed by atoms with Gasteiger partial charge in [-0.2, -0.15) is 0 Å². The summed E-state index contributed by atoms with van der Waals surface area (Å²) in [6.07, 6.45) is 0. The number of thioether (sulfide) groups is 1. The molecule has 10 heteroatoms. The molecule has 2 N–H and O–H groups in total. The van der Waals surface area contributed by atoms with Crippen molar-refractivity contribution < 1.29 is 14.3 Å². The first-order chi connectivity index (χ1) is 13.6. The molecule has 146 valence electrons. The number of hydrogen-bond acceptors (Lipinski definition) is 8. The van der Waals surface area contributed by atoms with E-state index in [-0.39, 0.29) is 18.4 Å². The number of carbonyl (C=O) groups excluding carboxylic acids is 2. The lowest BCUT2D eigenvalue weighted by Gasteiger charge is -2.06. The Morgan fingerprint density at radius 3 is 2.71 bits per heavy atom. The molecule has 2 heterocycles. The van der Waals surface area contributed by atoms with Gasteiger partial charge in [0.15, 0.2) is 4.34 Å². The van der Waals surface area contributed by atoms with Crippen molar-refractivity contribution in [3.05, 3.63) is 52.2 Å². The van der Waals surface area contributed by atoms with Crippen molar-refractivity contribution in [1.29, 1.82) is 0 Å². The third-order valence-corrected chi connectivity index (χ3v) is 6.49. The molecule has 0 radical (unpaired) electrons. The van der Waals surface area contributed by atoms with Crippen LogP contribution in [0, 0.1) is 0 Å². The Hall–Kier alpha value is -2.43. The molecule has 0 aliphatic heterocycles.